The Kier molecular flexibility index (Phi) is 2.42. The molecule has 3 nitrogen and oxygen atoms in total. The van der Waals surface area contributed by atoms with Gasteiger partial charge in [0, 0.05) is 0 Å². The van der Waals surface area contributed by atoms with E-state index < -0.39 is 0 Å². The molecule has 0 aromatic rings. The number of ether oxygens (including phenoxy) is 1. The molecule has 0 bridgehead atoms. The van der Waals surface area contributed by atoms with Crippen LogP contribution in [-0.2, 0) is 4.74 Å². The Labute approximate surface area is 78.8 Å². The minimum absolute atomic E-state index is 0.00248. The predicted molar refractivity (Wildman–Crippen MR) is 49.5 cm³/mol. The summed E-state index contributed by atoms with van der Waals surface area (Å²) in [5.41, 5.74) is -0.00248. The molecule has 1 heterocycles. The fourth-order valence-electron chi connectivity index (χ4n) is 2.34. The molecule has 2 aliphatic rings. The van der Waals surface area contributed by atoms with Crippen molar-refractivity contribution in [2.75, 3.05) is 6.61 Å². The van der Waals surface area contributed by atoms with Gasteiger partial charge in [0.1, 0.15) is 6.61 Å². The van der Waals surface area contributed by atoms with E-state index in [1.807, 2.05) is 0 Å². The fraction of sp³-hybridized carbons (Fsp3) is 0.900. The van der Waals surface area contributed by atoms with Gasteiger partial charge in [-0.05, 0) is 12.8 Å². The first-order chi connectivity index (χ1) is 6.31. The van der Waals surface area contributed by atoms with Crippen LogP contribution < -0.4 is 5.32 Å². The monoisotopic (exact) mass is 183 g/mol. The van der Waals surface area contributed by atoms with Gasteiger partial charge >= 0.3 is 6.09 Å². The van der Waals surface area contributed by atoms with Crippen LogP contribution in [0.2, 0.25) is 0 Å². The Morgan fingerprint density at radius 2 is 1.69 bits per heavy atom. The second-order valence-electron chi connectivity index (χ2n) is 4.25. The van der Waals surface area contributed by atoms with Crippen LogP contribution in [0.5, 0.6) is 0 Å². The van der Waals surface area contributed by atoms with Crippen molar-refractivity contribution >= 4 is 6.09 Å². The van der Waals surface area contributed by atoms with E-state index >= 15 is 0 Å². The lowest BCUT2D eigenvalue weighted by Gasteiger charge is -2.28. The summed E-state index contributed by atoms with van der Waals surface area (Å²) < 4.78 is 4.99. The van der Waals surface area contributed by atoms with Gasteiger partial charge in [-0.3, -0.25) is 0 Å². The third-order valence-corrected chi connectivity index (χ3v) is 3.16. The van der Waals surface area contributed by atoms with Crippen molar-refractivity contribution in [1.29, 1.82) is 0 Å². The molecule has 1 saturated heterocycles. The number of rotatable bonds is 0. The van der Waals surface area contributed by atoms with Crippen molar-refractivity contribution in [1.82, 2.24) is 5.32 Å². The SMILES string of the molecule is O=C1NC2(CCCCCCC2)CO1. The molecule has 0 radical (unpaired) electrons. The maximum Gasteiger partial charge on any atom is 0.407 e. The van der Waals surface area contributed by atoms with Crippen molar-refractivity contribution in [3.05, 3.63) is 0 Å². The minimum atomic E-state index is -0.222. The third-order valence-electron chi connectivity index (χ3n) is 3.16. The molecule has 0 unspecified atom stereocenters. The zero-order valence-electron chi connectivity index (χ0n) is 7.97. The van der Waals surface area contributed by atoms with Crippen molar-refractivity contribution in [3.8, 4) is 0 Å². The molecular formula is C10H17NO2. The molecule has 1 saturated carbocycles. The zero-order chi connectivity index (χ0) is 9.15. The zero-order valence-corrected chi connectivity index (χ0v) is 7.97. The van der Waals surface area contributed by atoms with Crippen LogP contribution >= 0.6 is 0 Å². The van der Waals surface area contributed by atoms with Gasteiger partial charge in [-0.25, -0.2) is 4.79 Å². The Morgan fingerprint density at radius 3 is 2.23 bits per heavy atom. The van der Waals surface area contributed by atoms with Crippen LogP contribution in [0.1, 0.15) is 44.9 Å². The molecule has 1 amide bonds. The fourth-order valence-corrected chi connectivity index (χ4v) is 2.34. The first-order valence-corrected chi connectivity index (χ1v) is 5.26. The van der Waals surface area contributed by atoms with Gasteiger partial charge < -0.3 is 10.1 Å². The summed E-state index contributed by atoms with van der Waals surface area (Å²) in [4.78, 5) is 11.0. The van der Waals surface area contributed by atoms with E-state index in [1.165, 1.54) is 32.1 Å². The second-order valence-corrected chi connectivity index (χ2v) is 4.25. The molecule has 2 fully saturated rings. The Balaban J connectivity index is 1.97. The second kappa shape index (κ2) is 3.56. The van der Waals surface area contributed by atoms with E-state index in [0.717, 1.165) is 12.8 Å². The van der Waals surface area contributed by atoms with Crippen LogP contribution in [0.15, 0.2) is 0 Å². The van der Waals surface area contributed by atoms with E-state index in [9.17, 15) is 4.79 Å². The minimum Gasteiger partial charge on any atom is -0.447 e. The lowest BCUT2D eigenvalue weighted by molar-refractivity contribution is 0.167. The molecule has 1 aliphatic heterocycles. The normalized spacial score (nSPS) is 27.5. The van der Waals surface area contributed by atoms with Gasteiger partial charge in [0.15, 0.2) is 0 Å². The number of amides is 1. The molecule has 1 aliphatic carbocycles. The topological polar surface area (TPSA) is 38.3 Å². The highest BCUT2D eigenvalue weighted by Crippen LogP contribution is 2.29. The molecule has 3 heteroatoms. The van der Waals surface area contributed by atoms with Crippen LogP contribution in [-0.4, -0.2) is 18.2 Å². The number of cyclic esters (lactones) is 1. The highest BCUT2D eigenvalue weighted by molar-refractivity contribution is 5.70. The first-order valence-electron chi connectivity index (χ1n) is 5.26. The molecule has 0 atom stereocenters. The smallest absolute Gasteiger partial charge is 0.407 e. The van der Waals surface area contributed by atoms with Crippen LogP contribution in [0.25, 0.3) is 0 Å². The molecule has 0 aromatic heterocycles. The number of carbonyl (C=O) groups is 1. The molecule has 1 spiro atoms. The van der Waals surface area contributed by atoms with Gasteiger partial charge in [-0.2, -0.15) is 0 Å². The average molecular weight is 183 g/mol. The van der Waals surface area contributed by atoms with Gasteiger partial charge in [-0.15, -0.1) is 0 Å². The van der Waals surface area contributed by atoms with Gasteiger partial charge in [0.05, 0.1) is 5.54 Å². The van der Waals surface area contributed by atoms with E-state index in [1.54, 1.807) is 0 Å². The molecule has 1 N–H and O–H groups in total. The molecule has 74 valence electrons. The van der Waals surface area contributed by atoms with E-state index in [2.05, 4.69) is 5.32 Å². The van der Waals surface area contributed by atoms with Crippen LogP contribution in [0, 0.1) is 0 Å². The number of hydrogen-bond acceptors (Lipinski definition) is 2. The van der Waals surface area contributed by atoms with Crippen molar-refractivity contribution < 1.29 is 9.53 Å². The quantitative estimate of drug-likeness (QED) is 0.625. The number of carbonyl (C=O) groups excluding carboxylic acids is 1. The van der Waals surface area contributed by atoms with Crippen molar-refractivity contribution in [3.63, 3.8) is 0 Å². The maximum absolute atomic E-state index is 11.0. The van der Waals surface area contributed by atoms with E-state index in [0.29, 0.717) is 6.61 Å². The lowest BCUT2D eigenvalue weighted by Crippen LogP contribution is -2.43. The number of nitrogens with one attached hydrogen (secondary N) is 1. The van der Waals surface area contributed by atoms with Gasteiger partial charge in [0.25, 0.3) is 0 Å². The highest BCUT2D eigenvalue weighted by Gasteiger charge is 2.38. The standard InChI is InChI=1S/C10H17NO2/c12-9-11-10(8-13-9)6-4-2-1-3-5-7-10/h1-8H2,(H,11,12). The summed E-state index contributed by atoms with van der Waals surface area (Å²) in [6, 6.07) is 0. The lowest BCUT2D eigenvalue weighted by atomic mass is 9.85. The third kappa shape index (κ3) is 1.95. The van der Waals surface area contributed by atoms with E-state index in [-0.39, 0.29) is 11.6 Å². The molecule has 13 heavy (non-hydrogen) atoms. The molecule has 0 aromatic carbocycles. The summed E-state index contributed by atoms with van der Waals surface area (Å²) in [7, 11) is 0. The van der Waals surface area contributed by atoms with E-state index in [4.69, 9.17) is 4.74 Å². The molecular weight excluding hydrogens is 166 g/mol. The average Bonchev–Trinajstić information content (AvgIpc) is 2.42. The largest absolute Gasteiger partial charge is 0.447 e. The summed E-state index contributed by atoms with van der Waals surface area (Å²) in [5.74, 6) is 0. The van der Waals surface area contributed by atoms with Crippen molar-refractivity contribution in [2.24, 2.45) is 0 Å². The predicted octanol–water partition coefficient (Wildman–Crippen LogP) is 2.21. The Hall–Kier alpha value is -0.730. The first kappa shape index (κ1) is 8.85. The number of alkyl carbamates (subject to hydrolysis) is 1. The van der Waals surface area contributed by atoms with Crippen molar-refractivity contribution in [2.45, 2.75) is 50.5 Å². The van der Waals surface area contributed by atoms with Crippen LogP contribution in [0.3, 0.4) is 0 Å². The highest BCUT2D eigenvalue weighted by atomic mass is 16.6. The van der Waals surface area contributed by atoms with Crippen LogP contribution in [0.4, 0.5) is 4.79 Å². The maximum atomic E-state index is 11.0. The van der Waals surface area contributed by atoms with Gasteiger partial charge in [-0.1, -0.05) is 32.1 Å². The summed E-state index contributed by atoms with van der Waals surface area (Å²) in [6.45, 7) is 0.589. The summed E-state index contributed by atoms with van der Waals surface area (Å²) in [6.07, 6.45) is 8.38. The van der Waals surface area contributed by atoms with Gasteiger partial charge in [0.2, 0.25) is 0 Å². The molecule has 2 rings (SSSR count). The summed E-state index contributed by atoms with van der Waals surface area (Å²) >= 11 is 0. The summed E-state index contributed by atoms with van der Waals surface area (Å²) in [5, 5.41) is 2.98. The number of hydrogen-bond donors (Lipinski definition) is 1. The Morgan fingerprint density at radius 1 is 1.08 bits per heavy atom. The Bertz CT molecular complexity index is 195.